The van der Waals surface area contributed by atoms with Crippen molar-refractivity contribution in [2.24, 2.45) is 4.99 Å². The van der Waals surface area contributed by atoms with Crippen LogP contribution >= 0.6 is 0 Å². The molecular weight excluding hydrogens is 292 g/mol. The van der Waals surface area contributed by atoms with Crippen molar-refractivity contribution in [1.29, 1.82) is 0 Å². The van der Waals surface area contributed by atoms with E-state index in [1.807, 2.05) is 14.1 Å². The molecule has 0 fully saturated rings. The molecule has 0 atom stereocenters. The van der Waals surface area contributed by atoms with Gasteiger partial charge in [-0.05, 0) is 24.1 Å². The maximum atomic E-state index is 5.42. The van der Waals surface area contributed by atoms with Crippen molar-refractivity contribution in [1.82, 2.24) is 10.6 Å². The van der Waals surface area contributed by atoms with Gasteiger partial charge in [0, 0.05) is 53.6 Å². The number of nitrogens with one attached hydrogen (secondary N) is 2. The van der Waals surface area contributed by atoms with Crippen LogP contribution in [0, 0.1) is 0 Å². The lowest BCUT2D eigenvalue weighted by Gasteiger charge is -2.14. The molecule has 0 bridgehead atoms. The van der Waals surface area contributed by atoms with Crippen molar-refractivity contribution >= 4 is 11.6 Å². The Labute approximate surface area is 139 Å². The van der Waals surface area contributed by atoms with E-state index in [0.717, 1.165) is 32.1 Å². The van der Waals surface area contributed by atoms with Gasteiger partial charge in [-0.1, -0.05) is 12.1 Å². The summed E-state index contributed by atoms with van der Waals surface area (Å²) >= 11 is 0. The van der Waals surface area contributed by atoms with Gasteiger partial charge in [0.25, 0.3) is 0 Å². The molecule has 6 heteroatoms. The Morgan fingerprint density at radius 2 is 1.83 bits per heavy atom. The summed E-state index contributed by atoms with van der Waals surface area (Å²) in [7, 11) is 7.53. The van der Waals surface area contributed by atoms with E-state index in [9.17, 15) is 0 Å². The van der Waals surface area contributed by atoms with Gasteiger partial charge in [-0.25, -0.2) is 0 Å². The summed E-state index contributed by atoms with van der Waals surface area (Å²) in [5.41, 5.74) is 2.42. The Kier molecular flexibility index (Phi) is 9.83. The average molecular weight is 322 g/mol. The molecule has 23 heavy (non-hydrogen) atoms. The molecule has 1 rings (SSSR count). The third kappa shape index (κ3) is 8.42. The molecule has 0 spiro atoms. The smallest absolute Gasteiger partial charge is 0.191 e. The standard InChI is InChI=1S/C17H30N4O2/c1-18-17(19-10-5-11-23-13-12-22-4)20-14-15-6-8-16(9-7-15)21(2)3/h6-9H,5,10-14H2,1-4H3,(H2,18,19,20). The molecule has 1 aromatic carbocycles. The Morgan fingerprint density at radius 1 is 1.09 bits per heavy atom. The molecule has 6 nitrogen and oxygen atoms in total. The minimum Gasteiger partial charge on any atom is -0.382 e. The number of hydrogen-bond acceptors (Lipinski definition) is 4. The first-order valence-electron chi connectivity index (χ1n) is 7.95. The molecule has 130 valence electrons. The second-order valence-corrected chi connectivity index (χ2v) is 5.37. The molecule has 0 radical (unpaired) electrons. The number of aliphatic imine (C=N–C) groups is 1. The van der Waals surface area contributed by atoms with Crippen LogP contribution in [0.25, 0.3) is 0 Å². The zero-order valence-electron chi connectivity index (χ0n) is 14.8. The monoisotopic (exact) mass is 322 g/mol. The molecule has 0 unspecified atom stereocenters. The fourth-order valence-electron chi connectivity index (χ4n) is 1.94. The lowest BCUT2D eigenvalue weighted by atomic mass is 10.2. The van der Waals surface area contributed by atoms with Gasteiger partial charge >= 0.3 is 0 Å². The normalized spacial score (nSPS) is 11.4. The molecule has 0 aliphatic carbocycles. The molecule has 0 aliphatic heterocycles. The van der Waals surface area contributed by atoms with Crippen molar-refractivity contribution in [2.75, 3.05) is 59.5 Å². The van der Waals surface area contributed by atoms with Gasteiger partial charge in [0.05, 0.1) is 13.2 Å². The summed E-state index contributed by atoms with van der Waals surface area (Å²) in [5, 5.41) is 6.59. The number of anilines is 1. The highest BCUT2D eigenvalue weighted by Gasteiger charge is 1.99. The first-order chi connectivity index (χ1) is 11.2. The number of methoxy groups -OCH3 is 1. The van der Waals surface area contributed by atoms with Crippen LogP contribution in [0.4, 0.5) is 5.69 Å². The lowest BCUT2D eigenvalue weighted by Crippen LogP contribution is -2.37. The van der Waals surface area contributed by atoms with Gasteiger partial charge in [0.2, 0.25) is 0 Å². The third-order valence-electron chi connectivity index (χ3n) is 3.33. The molecular formula is C17H30N4O2. The van der Waals surface area contributed by atoms with Crippen LogP contribution in [0.2, 0.25) is 0 Å². The predicted molar refractivity (Wildman–Crippen MR) is 96.3 cm³/mol. The van der Waals surface area contributed by atoms with Gasteiger partial charge in [0.15, 0.2) is 5.96 Å². The Balaban J connectivity index is 2.21. The maximum Gasteiger partial charge on any atom is 0.191 e. The molecule has 0 amide bonds. The number of hydrogen-bond donors (Lipinski definition) is 2. The SMILES string of the molecule is CN=C(NCCCOCCOC)NCc1ccc(N(C)C)cc1. The van der Waals surface area contributed by atoms with Crippen LogP contribution in [0.1, 0.15) is 12.0 Å². The van der Waals surface area contributed by atoms with Gasteiger partial charge in [-0.3, -0.25) is 4.99 Å². The highest BCUT2D eigenvalue weighted by Crippen LogP contribution is 2.11. The molecule has 0 heterocycles. The van der Waals surface area contributed by atoms with Gasteiger partial charge in [-0.15, -0.1) is 0 Å². The summed E-state index contributed by atoms with van der Waals surface area (Å²) in [6, 6.07) is 8.48. The first kappa shape index (κ1) is 19.3. The molecule has 0 saturated heterocycles. The number of guanidine groups is 1. The lowest BCUT2D eigenvalue weighted by molar-refractivity contribution is 0.0698. The number of rotatable bonds is 10. The summed E-state index contributed by atoms with van der Waals surface area (Å²) in [5.74, 6) is 0.804. The fraction of sp³-hybridized carbons (Fsp3) is 0.588. The highest BCUT2D eigenvalue weighted by atomic mass is 16.5. The van der Waals surface area contributed by atoms with E-state index in [2.05, 4.69) is 44.8 Å². The van der Waals surface area contributed by atoms with E-state index in [0.29, 0.717) is 13.2 Å². The van der Waals surface area contributed by atoms with Crippen LogP contribution in [-0.2, 0) is 16.0 Å². The van der Waals surface area contributed by atoms with Crippen molar-refractivity contribution < 1.29 is 9.47 Å². The zero-order valence-corrected chi connectivity index (χ0v) is 14.8. The average Bonchev–Trinajstić information content (AvgIpc) is 2.57. The summed E-state index contributed by atoms with van der Waals surface area (Å²) in [4.78, 5) is 6.31. The van der Waals surface area contributed by atoms with E-state index >= 15 is 0 Å². The Hall–Kier alpha value is -1.79. The highest BCUT2D eigenvalue weighted by molar-refractivity contribution is 5.79. The summed E-state index contributed by atoms with van der Waals surface area (Å²) < 4.78 is 10.3. The summed E-state index contributed by atoms with van der Waals surface area (Å²) in [6.45, 7) is 3.58. The van der Waals surface area contributed by atoms with Crippen LogP contribution < -0.4 is 15.5 Å². The van der Waals surface area contributed by atoms with Crippen LogP contribution in [0.3, 0.4) is 0 Å². The van der Waals surface area contributed by atoms with E-state index in [1.54, 1.807) is 14.2 Å². The minimum atomic E-state index is 0.642. The topological polar surface area (TPSA) is 58.1 Å². The zero-order chi connectivity index (χ0) is 16.9. The number of nitrogens with zero attached hydrogens (tertiary/aromatic N) is 2. The van der Waals surface area contributed by atoms with Crippen LogP contribution in [0.15, 0.2) is 29.3 Å². The van der Waals surface area contributed by atoms with Crippen molar-refractivity contribution in [3.05, 3.63) is 29.8 Å². The Bertz CT molecular complexity index is 446. The van der Waals surface area contributed by atoms with Crippen molar-refractivity contribution in [2.45, 2.75) is 13.0 Å². The Morgan fingerprint density at radius 3 is 2.43 bits per heavy atom. The molecule has 0 aliphatic rings. The van der Waals surface area contributed by atoms with Crippen LogP contribution in [0.5, 0.6) is 0 Å². The van der Waals surface area contributed by atoms with Crippen molar-refractivity contribution in [3.8, 4) is 0 Å². The molecule has 0 aromatic heterocycles. The molecule has 1 aromatic rings. The largest absolute Gasteiger partial charge is 0.382 e. The van der Waals surface area contributed by atoms with Gasteiger partial charge < -0.3 is 25.0 Å². The maximum absolute atomic E-state index is 5.42. The van der Waals surface area contributed by atoms with Crippen molar-refractivity contribution in [3.63, 3.8) is 0 Å². The summed E-state index contributed by atoms with van der Waals surface area (Å²) in [6.07, 6.45) is 0.932. The molecule has 0 saturated carbocycles. The molecule has 2 N–H and O–H groups in total. The number of ether oxygens (including phenoxy) is 2. The van der Waals surface area contributed by atoms with E-state index in [-0.39, 0.29) is 0 Å². The minimum absolute atomic E-state index is 0.642. The fourth-order valence-corrected chi connectivity index (χ4v) is 1.94. The van der Waals surface area contributed by atoms with E-state index in [4.69, 9.17) is 9.47 Å². The predicted octanol–water partition coefficient (Wildman–Crippen LogP) is 1.47. The number of benzene rings is 1. The van der Waals surface area contributed by atoms with E-state index < -0.39 is 0 Å². The third-order valence-corrected chi connectivity index (χ3v) is 3.33. The van der Waals surface area contributed by atoms with Gasteiger partial charge in [0.1, 0.15) is 0 Å². The first-order valence-corrected chi connectivity index (χ1v) is 7.95. The second kappa shape index (κ2) is 11.7. The van der Waals surface area contributed by atoms with Gasteiger partial charge in [-0.2, -0.15) is 0 Å². The van der Waals surface area contributed by atoms with E-state index in [1.165, 1.54) is 11.3 Å². The quantitative estimate of drug-likeness (QED) is 0.388. The van der Waals surface area contributed by atoms with Crippen LogP contribution in [-0.4, -0.2) is 60.6 Å². The second-order valence-electron chi connectivity index (χ2n) is 5.37.